The maximum Gasteiger partial charge on any atom is 0.221 e. The third-order valence-electron chi connectivity index (χ3n) is 2.94. The van der Waals surface area contributed by atoms with Crippen LogP contribution in [-0.4, -0.2) is 30.9 Å². The van der Waals surface area contributed by atoms with Gasteiger partial charge in [-0.05, 0) is 33.6 Å². The molecule has 0 aromatic carbocycles. The smallest absolute Gasteiger partial charge is 0.221 e. The van der Waals surface area contributed by atoms with E-state index in [0.717, 1.165) is 25.7 Å². The van der Waals surface area contributed by atoms with E-state index >= 15 is 0 Å². The molecule has 0 saturated heterocycles. The molecule has 0 spiro atoms. The number of carbonyl (C=O) groups is 1. The quantitative estimate of drug-likeness (QED) is 0.837. The summed E-state index contributed by atoms with van der Waals surface area (Å²) in [5.41, 5.74) is -0.297. The van der Waals surface area contributed by atoms with Crippen molar-refractivity contribution in [3.63, 3.8) is 0 Å². The van der Waals surface area contributed by atoms with Crippen LogP contribution in [0.2, 0.25) is 0 Å². The number of sulfone groups is 1. The summed E-state index contributed by atoms with van der Waals surface area (Å²) in [6, 6.07) is 0. The van der Waals surface area contributed by atoms with Gasteiger partial charge in [0, 0.05) is 12.0 Å². The molecule has 0 aliphatic heterocycles. The van der Waals surface area contributed by atoms with Gasteiger partial charge in [-0.1, -0.05) is 12.8 Å². The molecule has 1 fully saturated rings. The van der Waals surface area contributed by atoms with Crippen molar-refractivity contribution in [1.82, 2.24) is 5.32 Å². The van der Waals surface area contributed by atoms with Gasteiger partial charge in [-0.25, -0.2) is 8.42 Å². The fourth-order valence-electron chi connectivity index (χ4n) is 2.13. The first kappa shape index (κ1) is 14.5. The molecule has 1 saturated carbocycles. The van der Waals surface area contributed by atoms with Crippen LogP contribution in [-0.2, 0) is 14.6 Å². The summed E-state index contributed by atoms with van der Waals surface area (Å²) in [6.07, 6.45) is 3.61. The maximum atomic E-state index is 11.9. The van der Waals surface area contributed by atoms with Gasteiger partial charge >= 0.3 is 0 Å². The third kappa shape index (κ3) is 5.06. The van der Waals surface area contributed by atoms with Gasteiger partial charge in [-0.3, -0.25) is 4.79 Å². The normalized spacial score (nSPS) is 18.3. The van der Waals surface area contributed by atoms with Crippen molar-refractivity contribution in [2.75, 3.05) is 5.75 Å². The van der Waals surface area contributed by atoms with Crippen molar-refractivity contribution in [3.05, 3.63) is 0 Å². The average molecular weight is 261 g/mol. The second kappa shape index (κ2) is 5.38. The molecule has 1 N–H and O–H groups in total. The highest BCUT2D eigenvalue weighted by molar-refractivity contribution is 7.92. The molecule has 1 rings (SSSR count). The van der Waals surface area contributed by atoms with E-state index < -0.39 is 9.84 Å². The Labute approximate surface area is 104 Å². The van der Waals surface area contributed by atoms with Gasteiger partial charge < -0.3 is 5.32 Å². The summed E-state index contributed by atoms with van der Waals surface area (Å²) in [5, 5.41) is 2.58. The van der Waals surface area contributed by atoms with E-state index in [1.165, 1.54) is 0 Å². The maximum absolute atomic E-state index is 11.9. The van der Waals surface area contributed by atoms with Crippen LogP contribution in [0.1, 0.15) is 52.9 Å². The van der Waals surface area contributed by atoms with Crippen molar-refractivity contribution in [2.45, 2.75) is 63.7 Å². The van der Waals surface area contributed by atoms with Gasteiger partial charge in [0.25, 0.3) is 0 Å². The molecule has 100 valence electrons. The summed E-state index contributed by atoms with van der Waals surface area (Å²) in [6.45, 7) is 5.66. The monoisotopic (exact) mass is 261 g/mol. The van der Waals surface area contributed by atoms with Gasteiger partial charge in [0.15, 0.2) is 9.84 Å². The number of nitrogens with one attached hydrogen (secondary N) is 1. The highest BCUT2D eigenvalue weighted by atomic mass is 32.2. The molecule has 0 unspecified atom stereocenters. The lowest BCUT2D eigenvalue weighted by molar-refractivity contribution is -0.122. The van der Waals surface area contributed by atoms with Crippen LogP contribution in [0.25, 0.3) is 0 Å². The van der Waals surface area contributed by atoms with Crippen molar-refractivity contribution in [2.24, 2.45) is 0 Å². The van der Waals surface area contributed by atoms with E-state index in [-0.39, 0.29) is 28.9 Å². The molecule has 1 aliphatic carbocycles. The standard InChI is InChI=1S/C12H23NO3S/c1-12(2,3)13-11(14)8-9-17(15,16)10-6-4-5-7-10/h10H,4-9H2,1-3H3,(H,13,14). The van der Waals surface area contributed by atoms with Crippen LogP contribution in [0.15, 0.2) is 0 Å². The largest absolute Gasteiger partial charge is 0.351 e. The minimum Gasteiger partial charge on any atom is -0.351 e. The molecule has 0 aromatic rings. The average Bonchev–Trinajstić information content (AvgIpc) is 2.65. The molecule has 0 bridgehead atoms. The highest BCUT2D eigenvalue weighted by Gasteiger charge is 2.29. The fourth-order valence-corrected chi connectivity index (χ4v) is 3.98. The molecular weight excluding hydrogens is 238 g/mol. The van der Waals surface area contributed by atoms with E-state index in [4.69, 9.17) is 0 Å². The first-order valence-electron chi connectivity index (χ1n) is 6.23. The lowest BCUT2D eigenvalue weighted by Crippen LogP contribution is -2.41. The van der Waals surface area contributed by atoms with E-state index in [1.807, 2.05) is 20.8 Å². The van der Waals surface area contributed by atoms with Crippen molar-refractivity contribution in [1.29, 1.82) is 0 Å². The number of carbonyl (C=O) groups excluding carboxylic acids is 1. The van der Waals surface area contributed by atoms with Gasteiger partial charge in [0.1, 0.15) is 0 Å². The van der Waals surface area contributed by atoms with Crippen LogP contribution >= 0.6 is 0 Å². The van der Waals surface area contributed by atoms with Crippen molar-refractivity contribution < 1.29 is 13.2 Å². The zero-order valence-electron chi connectivity index (χ0n) is 11.0. The van der Waals surface area contributed by atoms with E-state index in [1.54, 1.807) is 0 Å². The summed E-state index contributed by atoms with van der Waals surface area (Å²) < 4.78 is 23.8. The number of hydrogen-bond donors (Lipinski definition) is 1. The first-order chi connectivity index (χ1) is 7.71. The van der Waals surface area contributed by atoms with Crippen LogP contribution in [0.5, 0.6) is 0 Å². The Bertz CT molecular complexity index is 362. The molecular formula is C12H23NO3S. The molecule has 17 heavy (non-hydrogen) atoms. The first-order valence-corrected chi connectivity index (χ1v) is 7.95. The minimum absolute atomic E-state index is 0.0143. The Morgan fingerprint density at radius 2 is 1.76 bits per heavy atom. The Morgan fingerprint density at radius 1 is 1.24 bits per heavy atom. The predicted molar refractivity (Wildman–Crippen MR) is 68.6 cm³/mol. The summed E-state index contributed by atoms with van der Waals surface area (Å²) in [4.78, 5) is 11.5. The number of amides is 1. The third-order valence-corrected chi connectivity index (χ3v) is 5.20. The zero-order chi connectivity index (χ0) is 13.1. The summed E-state index contributed by atoms with van der Waals surface area (Å²) in [7, 11) is -3.07. The van der Waals surface area contributed by atoms with Crippen molar-refractivity contribution in [3.8, 4) is 0 Å². The van der Waals surface area contributed by atoms with E-state index in [0.29, 0.717) is 0 Å². The molecule has 0 heterocycles. The zero-order valence-corrected chi connectivity index (χ0v) is 11.8. The lowest BCUT2D eigenvalue weighted by atomic mass is 10.1. The molecule has 4 nitrogen and oxygen atoms in total. The topological polar surface area (TPSA) is 63.2 Å². The summed E-state index contributed by atoms with van der Waals surface area (Å²) >= 11 is 0. The molecule has 0 radical (unpaired) electrons. The Balaban J connectivity index is 2.42. The SMILES string of the molecule is CC(C)(C)NC(=O)CCS(=O)(=O)C1CCCC1. The van der Waals surface area contributed by atoms with Crippen LogP contribution < -0.4 is 5.32 Å². The highest BCUT2D eigenvalue weighted by Crippen LogP contribution is 2.25. The van der Waals surface area contributed by atoms with Gasteiger partial charge in [-0.2, -0.15) is 0 Å². The Hall–Kier alpha value is -0.580. The van der Waals surface area contributed by atoms with E-state index in [9.17, 15) is 13.2 Å². The fraction of sp³-hybridized carbons (Fsp3) is 0.917. The van der Waals surface area contributed by atoms with Gasteiger partial charge in [-0.15, -0.1) is 0 Å². The van der Waals surface area contributed by atoms with Crippen LogP contribution in [0, 0.1) is 0 Å². The number of rotatable bonds is 4. The molecule has 1 aliphatic rings. The molecule has 0 aromatic heterocycles. The predicted octanol–water partition coefficient (Wildman–Crippen LogP) is 1.65. The lowest BCUT2D eigenvalue weighted by Gasteiger charge is -2.20. The van der Waals surface area contributed by atoms with Crippen molar-refractivity contribution >= 4 is 15.7 Å². The van der Waals surface area contributed by atoms with Crippen LogP contribution in [0.3, 0.4) is 0 Å². The molecule has 1 amide bonds. The molecule has 0 atom stereocenters. The van der Waals surface area contributed by atoms with E-state index in [2.05, 4.69) is 5.32 Å². The van der Waals surface area contributed by atoms with Gasteiger partial charge in [0.2, 0.25) is 5.91 Å². The van der Waals surface area contributed by atoms with Crippen LogP contribution in [0.4, 0.5) is 0 Å². The number of hydrogen-bond acceptors (Lipinski definition) is 3. The Morgan fingerprint density at radius 3 is 2.24 bits per heavy atom. The summed E-state index contributed by atoms with van der Waals surface area (Å²) in [5.74, 6) is -0.196. The molecule has 5 heteroatoms. The Kier molecular flexibility index (Phi) is 4.58. The van der Waals surface area contributed by atoms with Gasteiger partial charge in [0.05, 0.1) is 11.0 Å². The second-order valence-electron chi connectivity index (χ2n) is 5.82. The minimum atomic E-state index is -3.07. The second-order valence-corrected chi connectivity index (χ2v) is 8.22.